The average molecular weight is 429 g/mol. The molecule has 0 bridgehead atoms. The first-order valence-corrected chi connectivity index (χ1v) is 10.2. The number of aromatic nitrogens is 3. The van der Waals surface area contributed by atoms with E-state index in [1.807, 2.05) is 0 Å². The molecule has 5 nitrogen and oxygen atoms in total. The van der Waals surface area contributed by atoms with Crippen LogP contribution < -0.4 is 0 Å². The smallest absolute Gasteiger partial charge is 0.235 e. The molecule has 0 saturated carbocycles. The van der Waals surface area contributed by atoms with Gasteiger partial charge in [0, 0.05) is 20.1 Å². The standard InChI is InChI=1S/C22H22F2N4OS/c1-4-12-28-20(18-10-5-6-11-19(18)24)25-26-22(28)30-15(2)21(29)27(3)14-16-8-7-9-17(23)13-16/h4-11,13,15H,1,12,14H2,2-3H3. The molecular weight excluding hydrogens is 406 g/mol. The fourth-order valence-electron chi connectivity index (χ4n) is 3.02. The Kier molecular flexibility index (Phi) is 6.99. The van der Waals surface area contributed by atoms with Crippen LogP contribution in [0.15, 0.2) is 66.3 Å². The van der Waals surface area contributed by atoms with Crippen LogP contribution in [0.2, 0.25) is 0 Å². The lowest BCUT2D eigenvalue weighted by atomic mass is 10.2. The normalized spacial score (nSPS) is 11.9. The number of hydrogen-bond acceptors (Lipinski definition) is 4. The number of thioether (sulfide) groups is 1. The summed E-state index contributed by atoms with van der Waals surface area (Å²) in [5, 5.41) is 8.33. The molecule has 2 aromatic carbocycles. The molecule has 0 spiro atoms. The SMILES string of the molecule is C=CCn1c(SC(C)C(=O)N(C)Cc2cccc(F)c2)nnc1-c1ccccc1F. The van der Waals surface area contributed by atoms with Crippen molar-refractivity contribution in [3.63, 3.8) is 0 Å². The summed E-state index contributed by atoms with van der Waals surface area (Å²) < 4.78 is 29.4. The van der Waals surface area contributed by atoms with Crippen molar-refractivity contribution in [2.24, 2.45) is 0 Å². The third-order valence-electron chi connectivity index (χ3n) is 4.46. The minimum Gasteiger partial charge on any atom is -0.340 e. The molecule has 1 heterocycles. The van der Waals surface area contributed by atoms with Crippen molar-refractivity contribution in [2.45, 2.75) is 30.4 Å². The van der Waals surface area contributed by atoms with Crippen molar-refractivity contribution >= 4 is 17.7 Å². The highest BCUT2D eigenvalue weighted by molar-refractivity contribution is 8.00. The fraction of sp³-hybridized carbons (Fsp3) is 0.227. The van der Waals surface area contributed by atoms with E-state index in [0.29, 0.717) is 35.2 Å². The van der Waals surface area contributed by atoms with E-state index in [-0.39, 0.29) is 11.7 Å². The molecule has 0 aliphatic rings. The highest BCUT2D eigenvalue weighted by Gasteiger charge is 2.23. The maximum Gasteiger partial charge on any atom is 0.235 e. The van der Waals surface area contributed by atoms with Gasteiger partial charge in [-0.15, -0.1) is 16.8 Å². The lowest BCUT2D eigenvalue weighted by Gasteiger charge is -2.21. The van der Waals surface area contributed by atoms with Crippen LogP contribution in [-0.4, -0.2) is 37.9 Å². The maximum absolute atomic E-state index is 14.2. The highest BCUT2D eigenvalue weighted by Crippen LogP contribution is 2.29. The summed E-state index contributed by atoms with van der Waals surface area (Å²) in [6, 6.07) is 12.5. The molecule has 3 aromatic rings. The molecule has 0 aliphatic carbocycles. The molecule has 156 valence electrons. The van der Waals surface area contributed by atoms with E-state index in [1.165, 1.54) is 30.0 Å². The minimum atomic E-state index is -0.468. The zero-order valence-electron chi connectivity index (χ0n) is 16.8. The van der Waals surface area contributed by atoms with Crippen LogP contribution in [-0.2, 0) is 17.9 Å². The second-order valence-corrected chi connectivity index (χ2v) is 8.08. The summed E-state index contributed by atoms with van der Waals surface area (Å²) in [5.74, 6) is -0.493. The van der Waals surface area contributed by atoms with Crippen molar-refractivity contribution < 1.29 is 13.6 Å². The summed E-state index contributed by atoms with van der Waals surface area (Å²) in [4.78, 5) is 14.4. The van der Waals surface area contributed by atoms with Gasteiger partial charge in [-0.25, -0.2) is 8.78 Å². The Labute approximate surface area is 178 Å². The lowest BCUT2D eigenvalue weighted by molar-refractivity contribution is -0.129. The van der Waals surface area contributed by atoms with E-state index in [0.717, 1.165) is 0 Å². The predicted octanol–water partition coefficient (Wildman–Crippen LogP) is 4.55. The van der Waals surface area contributed by atoms with Crippen LogP contribution in [0.1, 0.15) is 12.5 Å². The van der Waals surface area contributed by atoms with Gasteiger partial charge in [0.2, 0.25) is 5.91 Å². The second kappa shape index (κ2) is 9.67. The number of rotatable bonds is 8. The number of hydrogen-bond donors (Lipinski definition) is 0. The number of carbonyl (C=O) groups is 1. The van der Waals surface area contributed by atoms with E-state index in [2.05, 4.69) is 16.8 Å². The number of carbonyl (C=O) groups excluding carboxylic acids is 1. The molecule has 0 fully saturated rings. The molecule has 0 radical (unpaired) electrons. The van der Waals surface area contributed by atoms with E-state index in [9.17, 15) is 13.6 Å². The van der Waals surface area contributed by atoms with Crippen molar-refractivity contribution in [3.05, 3.63) is 78.4 Å². The Balaban J connectivity index is 1.77. The summed E-state index contributed by atoms with van der Waals surface area (Å²) in [6.45, 7) is 6.18. The Morgan fingerprint density at radius 3 is 2.70 bits per heavy atom. The number of amides is 1. The third kappa shape index (κ3) is 4.94. The van der Waals surface area contributed by atoms with E-state index in [4.69, 9.17) is 0 Å². The van der Waals surface area contributed by atoms with Crippen LogP contribution in [0.4, 0.5) is 8.78 Å². The molecule has 1 amide bonds. The number of halogens is 2. The van der Waals surface area contributed by atoms with Crippen LogP contribution in [0.25, 0.3) is 11.4 Å². The Hall–Kier alpha value is -3.00. The van der Waals surface area contributed by atoms with Crippen molar-refractivity contribution in [1.29, 1.82) is 0 Å². The summed E-state index contributed by atoms with van der Waals surface area (Å²) >= 11 is 1.24. The van der Waals surface area contributed by atoms with Gasteiger partial charge < -0.3 is 4.90 Å². The largest absolute Gasteiger partial charge is 0.340 e. The predicted molar refractivity (Wildman–Crippen MR) is 114 cm³/mol. The van der Waals surface area contributed by atoms with Gasteiger partial charge in [-0.05, 0) is 36.8 Å². The molecular formula is C22H22F2N4OS. The summed E-state index contributed by atoms with van der Waals surface area (Å²) in [5.41, 5.74) is 1.04. The zero-order valence-corrected chi connectivity index (χ0v) is 17.6. The van der Waals surface area contributed by atoms with Crippen LogP contribution in [0.3, 0.4) is 0 Å². The summed E-state index contributed by atoms with van der Waals surface area (Å²) in [6.07, 6.45) is 1.67. The van der Waals surface area contributed by atoms with Gasteiger partial charge in [-0.3, -0.25) is 9.36 Å². The van der Waals surface area contributed by atoms with Crippen LogP contribution >= 0.6 is 11.8 Å². The molecule has 0 aliphatic heterocycles. The molecule has 1 aromatic heterocycles. The monoisotopic (exact) mass is 428 g/mol. The molecule has 8 heteroatoms. The van der Waals surface area contributed by atoms with Gasteiger partial charge in [-0.1, -0.05) is 42.1 Å². The number of nitrogens with zero attached hydrogens (tertiary/aromatic N) is 4. The van der Waals surface area contributed by atoms with Gasteiger partial charge in [0.15, 0.2) is 11.0 Å². The first-order valence-electron chi connectivity index (χ1n) is 9.35. The van der Waals surface area contributed by atoms with Gasteiger partial charge >= 0.3 is 0 Å². The molecule has 1 atom stereocenters. The zero-order chi connectivity index (χ0) is 21.7. The quantitative estimate of drug-likeness (QED) is 0.390. The lowest BCUT2D eigenvalue weighted by Crippen LogP contribution is -2.33. The van der Waals surface area contributed by atoms with Gasteiger partial charge in [0.1, 0.15) is 11.6 Å². The van der Waals surface area contributed by atoms with Crippen molar-refractivity contribution in [1.82, 2.24) is 19.7 Å². The Morgan fingerprint density at radius 1 is 1.23 bits per heavy atom. The Morgan fingerprint density at radius 2 is 2.00 bits per heavy atom. The average Bonchev–Trinajstić information content (AvgIpc) is 3.10. The summed E-state index contributed by atoms with van der Waals surface area (Å²) in [7, 11) is 1.67. The molecule has 1 unspecified atom stereocenters. The fourth-order valence-corrected chi connectivity index (χ4v) is 3.99. The maximum atomic E-state index is 14.2. The molecule has 3 rings (SSSR count). The molecule has 0 N–H and O–H groups in total. The van der Waals surface area contributed by atoms with Gasteiger partial charge in [-0.2, -0.15) is 0 Å². The third-order valence-corrected chi connectivity index (χ3v) is 5.53. The number of benzene rings is 2. The minimum absolute atomic E-state index is 0.134. The van der Waals surface area contributed by atoms with E-state index >= 15 is 0 Å². The Bertz CT molecular complexity index is 1050. The van der Waals surface area contributed by atoms with Crippen LogP contribution in [0, 0.1) is 11.6 Å². The van der Waals surface area contributed by atoms with Crippen molar-refractivity contribution in [2.75, 3.05) is 7.05 Å². The topological polar surface area (TPSA) is 51.0 Å². The first-order chi connectivity index (χ1) is 14.4. The van der Waals surface area contributed by atoms with Crippen molar-refractivity contribution in [3.8, 4) is 11.4 Å². The van der Waals surface area contributed by atoms with Crippen LogP contribution in [0.5, 0.6) is 0 Å². The van der Waals surface area contributed by atoms with Gasteiger partial charge in [0.25, 0.3) is 0 Å². The molecule has 0 saturated heterocycles. The highest BCUT2D eigenvalue weighted by atomic mass is 32.2. The van der Waals surface area contributed by atoms with E-state index < -0.39 is 11.1 Å². The van der Waals surface area contributed by atoms with E-state index in [1.54, 1.807) is 59.8 Å². The first kappa shape index (κ1) is 21.7. The number of allylic oxidation sites excluding steroid dienone is 1. The second-order valence-electron chi connectivity index (χ2n) is 6.77. The molecule has 30 heavy (non-hydrogen) atoms. The van der Waals surface area contributed by atoms with Gasteiger partial charge in [0.05, 0.1) is 10.8 Å².